The number of likely N-dealkylation sites (N-methyl/N-ethyl adjacent to an activating group) is 1. The molecular formula is C16H17ClN4OS2. The minimum absolute atomic E-state index is 0.0898. The van der Waals surface area contributed by atoms with E-state index in [2.05, 4.69) is 15.0 Å². The number of thiazole rings is 1. The van der Waals surface area contributed by atoms with Crippen LogP contribution in [0.15, 0.2) is 27.9 Å². The molecule has 0 spiro atoms. The zero-order valence-electron chi connectivity index (χ0n) is 13.4. The predicted octanol–water partition coefficient (Wildman–Crippen LogP) is 3.77. The summed E-state index contributed by atoms with van der Waals surface area (Å²) < 4.78 is 0.934. The summed E-state index contributed by atoms with van der Waals surface area (Å²) in [6.07, 6.45) is 0.676. The van der Waals surface area contributed by atoms with Crippen molar-refractivity contribution in [3.05, 3.63) is 40.1 Å². The predicted molar refractivity (Wildman–Crippen MR) is 100 cm³/mol. The first-order valence-corrected chi connectivity index (χ1v) is 9.68. The average molecular weight is 381 g/mol. The molecule has 3 aromatic rings. The third kappa shape index (κ3) is 4.28. The third-order valence-corrected chi connectivity index (χ3v) is 5.88. The van der Waals surface area contributed by atoms with Crippen LogP contribution in [0.4, 0.5) is 0 Å². The van der Waals surface area contributed by atoms with E-state index in [9.17, 15) is 4.79 Å². The van der Waals surface area contributed by atoms with Crippen molar-refractivity contribution in [3.63, 3.8) is 0 Å². The van der Waals surface area contributed by atoms with Crippen molar-refractivity contribution < 1.29 is 4.79 Å². The molecule has 0 aliphatic rings. The molecule has 0 fully saturated rings. The van der Waals surface area contributed by atoms with Gasteiger partial charge >= 0.3 is 0 Å². The molecule has 2 heterocycles. The number of benzene rings is 1. The summed E-state index contributed by atoms with van der Waals surface area (Å²) in [7, 11) is 1.81. The van der Waals surface area contributed by atoms with Crippen LogP contribution in [0.25, 0.3) is 11.0 Å². The monoisotopic (exact) mass is 380 g/mol. The maximum atomic E-state index is 12.2. The number of carbonyl (C=O) groups excluding carboxylic acids is 1. The quantitative estimate of drug-likeness (QED) is 0.661. The van der Waals surface area contributed by atoms with Gasteiger partial charge < -0.3 is 9.88 Å². The Labute approximate surface area is 153 Å². The number of rotatable bonds is 6. The average Bonchev–Trinajstić information content (AvgIpc) is 3.15. The number of nitrogens with zero attached hydrogens (tertiary/aromatic N) is 3. The maximum Gasteiger partial charge on any atom is 0.232 e. The Morgan fingerprint density at radius 2 is 2.25 bits per heavy atom. The summed E-state index contributed by atoms with van der Waals surface area (Å²) in [6, 6.07) is 5.57. The Hall–Kier alpha value is -1.57. The number of hydrogen-bond acceptors (Lipinski definition) is 5. The second-order valence-corrected chi connectivity index (χ2v) is 7.97. The molecule has 0 unspecified atom stereocenters. The smallest absolute Gasteiger partial charge is 0.232 e. The van der Waals surface area contributed by atoms with Crippen LogP contribution in [0.5, 0.6) is 0 Å². The van der Waals surface area contributed by atoms with E-state index in [0.717, 1.165) is 26.9 Å². The highest BCUT2D eigenvalue weighted by atomic mass is 35.5. The first kappa shape index (κ1) is 17.3. The van der Waals surface area contributed by atoms with Crippen LogP contribution < -0.4 is 0 Å². The van der Waals surface area contributed by atoms with Gasteiger partial charge in [0.2, 0.25) is 5.91 Å². The van der Waals surface area contributed by atoms with Crippen molar-refractivity contribution >= 4 is 51.6 Å². The molecule has 0 aliphatic carbocycles. The van der Waals surface area contributed by atoms with Crippen LogP contribution in [0.2, 0.25) is 5.02 Å². The van der Waals surface area contributed by atoms with E-state index < -0.39 is 0 Å². The van der Waals surface area contributed by atoms with E-state index in [1.807, 2.05) is 37.6 Å². The number of H-pyrrole nitrogens is 1. The second-order valence-electron chi connectivity index (χ2n) is 5.45. The Balaban J connectivity index is 1.51. The molecule has 1 aromatic carbocycles. The van der Waals surface area contributed by atoms with Gasteiger partial charge in [-0.1, -0.05) is 23.4 Å². The molecule has 0 radical (unpaired) electrons. The van der Waals surface area contributed by atoms with Crippen LogP contribution in [0, 0.1) is 6.92 Å². The number of fused-ring (bicyclic) bond motifs is 1. The van der Waals surface area contributed by atoms with Gasteiger partial charge in [-0.3, -0.25) is 4.79 Å². The summed E-state index contributed by atoms with van der Waals surface area (Å²) >= 11 is 9.03. The van der Waals surface area contributed by atoms with Gasteiger partial charge in [-0.05, 0) is 25.1 Å². The summed E-state index contributed by atoms with van der Waals surface area (Å²) in [6.45, 7) is 2.57. The second kappa shape index (κ2) is 7.55. The van der Waals surface area contributed by atoms with Gasteiger partial charge in [-0.2, -0.15) is 0 Å². The number of hydrogen-bond donors (Lipinski definition) is 1. The Morgan fingerprint density at radius 3 is 3.00 bits per heavy atom. The van der Waals surface area contributed by atoms with Crippen molar-refractivity contribution in [3.8, 4) is 0 Å². The molecule has 2 aromatic heterocycles. The highest BCUT2D eigenvalue weighted by Crippen LogP contribution is 2.22. The minimum atomic E-state index is 0.0898. The van der Waals surface area contributed by atoms with E-state index in [-0.39, 0.29) is 5.91 Å². The van der Waals surface area contributed by atoms with Crippen LogP contribution in [-0.4, -0.2) is 45.1 Å². The Bertz CT molecular complexity index is 861. The van der Waals surface area contributed by atoms with Gasteiger partial charge in [0.1, 0.15) is 5.82 Å². The summed E-state index contributed by atoms with van der Waals surface area (Å²) in [5.41, 5.74) is 2.80. The summed E-state index contributed by atoms with van der Waals surface area (Å²) in [4.78, 5) is 26.0. The van der Waals surface area contributed by atoms with Gasteiger partial charge in [-0.25, -0.2) is 9.97 Å². The third-order valence-electron chi connectivity index (χ3n) is 3.52. The highest BCUT2D eigenvalue weighted by Gasteiger charge is 2.12. The first-order chi connectivity index (χ1) is 11.5. The lowest BCUT2D eigenvalue weighted by atomic mass is 10.3. The molecule has 0 atom stereocenters. The van der Waals surface area contributed by atoms with Crippen molar-refractivity contribution in [2.24, 2.45) is 0 Å². The number of aryl methyl sites for hydroxylation is 1. The summed E-state index contributed by atoms with van der Waals surface area (Å²) in [5.74, 6) is 1.35. The van der Waals surface area contributed by atoms with Crippen molar-refractivity contribution in [2.75, 3.05) is 19.3 Å². The van der Waals surface area contributed by atoms with E-state index in [1.165, 1.54) is 11.8 Å². The lowest BCUT2D eigenvalue weighted by Gasteiger charge is -2.15. The molecule has 3 rings (SSSR count). The normalized spacial score (nSPS) is 11.1. The number of thioether (sulfide) groups is 1. The lowest BCUT2D eigenvalue weighted by molar-refractivity contribution is -0.127. The molecule has 0 bridgehead atoms. The zero-order chi connectivity index (χ0) is 17.1. The van der Waals surface area contributed by atoms with Crippen molar-refractivity contribution in [1.82, 2.24) is 19.9 Å². The fraction of sp³-hybridized carbons (Fsp3) is 0.312. The molecule has 1 amide bonds. The number of halogens is 1. The largest absolute Gasteiger partial charge is 0.345 e. The molecular weight excluding hydrogens is 364 g/mol. The van der Waals surface area contributed by atoms with E-state index in [1.54, 1.807) is 16.2 Å². The molecule has 0 saturated carbocycles. The number of nitrogens with one attached hydrogen (secondary N) is 1. The van der Waals surface area contributed by atoms with Crippen molar-refractivity contribution in [2.45, 2.75) is 17.7 Å². The van der Waals surface area contributed by atoms with E-state index >= 15 is 0 Å². The summed E-state index contributed by atoms with van der Waals surface area (Å²) in [5, 5.41) is 2.67. The molecule has 8 heteroatoms. The minimum Gasteiger partial charge on any atom is -0.345 e. The number of carbonyl (C=O) groups is 1. The molecule has 0 aliphatic heterocycles. The number of aromatic amines is 1. The first-order valence-electron chi connectivity index (χ1n) is 7.44. The SMILES string of the molecule is Cc1csc(SCC(=O)N(C)CCc2nc3ccc(Cl)cc3[nH]2)n1. The zero-order valence-corrected chi connectivity index (χ0v) is 15.8. The van der Waals surface area contributed by atoms with Gasteiger partial charge in [0, 0.05) is 36.1 Å². The van der Waals surface area contributed by atoms with E-state index in [0.29, 0.717) is 23.7 Å². The molecule has 5 nitrogen and oxygen atoms in total. The Morgan fingerprint density at radius 1 is 1.42 bits per heavy atom. The number of imidazole rings is 1. The van der Waals surface area contributed by atoms with Crippen LogP contribution in [0.1, 0.15) is 11.5 Å². The van der Waals surface area contributed by atoms with Crippen LogP contribution >= 0.6 is 34.7 Å². The fourth-order valence-corrected chi connectivity index (χ4v) is 4.15. The highest BCUT2D eigenvalue weighted by molar-refractivity contribution is 8.01. The standard InChI is InChI=1S/C16H17ClN4OS2/c1-10-8-23-16(18-10)24-9-15(22)21(2)6-5-14-19-12-4-3-11(17)7-13(12)20-14/h3-4,7-8H,5-6,9H2,1-2H3,(H,19,20). The lowest BCUT2D eigenvalue weighted by Crippen LogP contribution is -2.30. The number of aromatic nitrogens is 3. The molecule has 0 saturated heterocycles. The molecule has 126 valence electrons. The van der Waals surface area contributed by atoms with Gasteiger partial charge in [0.15, 0.2) is 4.34 Å². The van der Waals surface area contributed by atoms with E-state index in [4.69, 9.17) is 11.6 Å². The van der Waals surface area contributed by atoms with Gasteiger partial charge in [0.25, 0.3) is 0 Å². The molecule has 24 heavy (non-hydrogen) atoms. The van der Waals surface area contributed by atoms with Gasteiger partial charge in [-0.15, -0.1) is 11.3 Å². The Kier molecular flexibility index (Phi) is 5.43. The van der Waals surface area contributed by atoms with Crippen LogP contribution in [0.3, 0.4) is 0 Å². The maximum absolute atomic E-state index is 12.2. The van der Waals surface area contributed by atoms with Crippen molar-refractivity contribution in [1.29, 1.82) is 0 Å². The van der Waals surface area contributed by atoms with Crippen LogP contribution in [-0.2, 0) is 11.2 Å². The molecule has 1 N–H and O–H groups in total. The fourth-order valence-electron chi connectivity index (χ4n) is 2.18. The van der Waals surface area contributed by atoms with Gasteiger partial charge in [0.05, 0.1) is 16.8 Å². The topological polar surface area (TPSA) is 61.9 Å². The number of amides is 1.